The fraction of sp³-hybridized carbons (Fsp3) is 1.00. The summed E-state index contributed by atoms with van der Waals surface area (Å²) in [7, 11) is 1.90. The van der Waals surface area contributed by atoms with Gasteiger partial charge in [-0.3, -0.25) is 0 Å². The molecular formula is C12H25NO. The van der Waals surface area contributed by atoms with Gasteiger partial charge >= 0.3 is 0 Å². The molecule has 84 valence electrons. The van der Waals surface area contributed by atoms with Crippen LogP contribution in [-0.2, 0) is 0 Å². The van der Waals surface area contributed by atoms with Crippen molar-refractivity contribution < 1.29 is 5.11 Å². The highest BCUT2D eigenvalue weighted by Crippen LogP contribution is 2.57. The molecule has 2 heteroatoms. The highest BCUT2D eigenvalue weighted by atomic mass is 16.3. The monoisotopic (exact) mass is 199 g/mol. The molecule has 2 N–H and O–H groups in total. The average molecular weight is 199 g/mol. The summed E-state index contributed by atoms with van der Waals surface area (Å²) in [6.07, 6.45) is 2.15. The van der Waals surface area contributed by atoms with Crippen LogP contribution >= 0.6 is 0 Å². The van der Waals surface area contributed by atoms with Gasteiger partial charge in [-0.1, -0.05) is 27.7 Å². The Morgan fingerprint density at radius 2 is 2.00 bits per heavy atom. The van der Waals surface area contributed by atoms with Crippen molar-refractivity contribution in [3.05, 3.63) is 0 Å². The third kappa shape index (κ3) is 1.59. The first-order chi connectivity index (χ1) is 6.36. The summed E-state index contributed by atoms with van der Waals surface area (Å²) in [4.78, 5) is 0. The molecule has 1 fully saturated rings. The maximum Gasteiger partial charge on any atom is 0.0723 e. The van der Waals surface area contributed by atoms with Gasteiger partial charge in [0, 0.05) is 12.0 Å². The SMILES string of the molecule is CNC[C@@H](O)[C@]1(C)CC[C@@H](C)C1(C)C. The summed E-state index contributed by atoms with van der Waals surface area (Å²) in [5, 5.41) is 13.3. The van der Waals surface area contributed by atoms with Crippen molar-refractivity contribution in [3.63, 3.8) is 0 Å². The lowest BCUT2D eigenvalue weighted by Gasteiger charge is -2.44. The molecule has 0 spiro atoms. The van der Waals surface area contributed by atoms with Crippen LogP contribution in [0.1, 0.15) is 40.5 Å². The van der Waals surface area contributed by atoms with Crippen molar-refractivity contribution in [3.8, 4) is 0 Å². The molecule has 0 radical (unpaired) electrons. The number of nitrogens with one attached hydrogen (secondary N) is 1. The van der Waals surface area contributed by atoms with E-state index in [0.717, 1.165) is 6.42 Å². The van der Waals surface area contributed by atoms with Crippen LogP contribution in [0, 0.1) is 16.7 Å². The Hall–Kier alpha value is -0.0800. The molecule has 14 heavy (non-hydrogen) atoms. The lowest BCUT2D eigenvalue weighted by atomic mass is 9.63. The molecule has 1 aliphatic carbocycles. The lowest BCUT2D eigenvalue weighted by molar-refractivity contribution is -0.0382. The molecule has 3 atom stereocenters. The van der Waals surface area contributed by atoms with Crippen LogP contribution in [0.15, 0.2) is 0 Å². The minimum atomic E-state index is -0.229. The van der Waals surface area contributed by atoms with E-state index in [1.165, 1.54) is 6.42 Å². The first-order valence-corrected chi connectivity index (χ1v) is 5.69. The van der Waals surface area contributed by atoms with Crippen molar-refractivity contribution in [2.45, 2.75) is 46.6 Å². The van der Waals surface area contributed by atoms with Gasteiger partial charge in [0.1, 0.15) is 0 Å². The van der Waals surface area contributed by atoms with E-state index in [4.69, 9.17) is 0 Å². The smallest absolute Gasteiger partial charge is 0.0723 e. The first kappa shape index (κ1) is 12.0. The van der Waals surface area contributed by atoms with Gasteiger partial charge < -0.3 is 10.4 Å². The third-order valence-corrected chi connectivity index (χ3v) is 4.93. The zero-order valence-electron chi connectivity index (χ0n) is 10.2. The molecule has 0 aromatic heterocycles. The number of likely N-dealkylation sites (N-methyl/N-ethyl adjacent to an activating group) is 1. The molecule has 2 nitrogen and oxygen atoms in total. The highest BCUT2D eigenvalue weighted by Gasteiger charge is 2.52. The van der Waals surface area contributed by atoms with Crippen molar-refractivity contribution in [2.24, 2.45) is 16.7 Å². The predicted octanol–water partition coefficient (Wildman–Crippen LogP) is 2.03. The zero-order valence-corrected chi connectivity index (χ0v) is 10.2. The molecule has 0 saturated heterocycles. The van der Waals surface area contributed by atoms with Gasteiger partial charge in [0.15, 0.2) is 0 Å². The minimum absolute atomic E-state index is 0.0649. The van der Waals surface area contributed by atoms with Crippen LogP contribution in [0.5, 0.6) is 0 Å². The second-order valence-corrected chi connectivity index (χ2v) is 5.65. The fourth-order valence-corrected chi connectivity index (χ4v) is 2.78. The topological polar surface area (TPSA) is 32.3 Å². The minimum Gasteiger partial charge on any atom is -0.391 e. The molecule has 0 amide bonds. The molecule has 0 heterocycles. The molecule has 1 aliphatic rings. The maximum atomic E-state index is 10.2. The van der Waals surface area contributed by atoms with Crippen LogP contribution in [-0.4, -0.2) is 24.8 Å². The van der Waals surface area contributed by atoms with Crippen LogP contribution in [0.25, 0.3) is 0 Å². The van der Waals surface area contributed by atoms with E-state index in [-0.39, 0.29) is 16.9 Å². The van der Waals surface area contributed by atoms with Crippen LogP contribution in [0.2, 0.25) is 0 Å². The highest BCUT2D eigenvalue weighted by molar-refractivity contribution is 5.02. The summed E-state index contributed by atoms with van der Waals surface area (Å²) < 4.78 is 0. The number of hydrogen-bond acceptors (Lipinski definition) is 2. The normalized spacial score (nSPS) is 38.6. The summed E-state index contributed by atoms with van der Waals surface area (Å²) >= 11 is 0. The standard InChI is InChI=1S/C12H25NO/c1-9-6-7-12(4,11(9,2)3)10(14)8-13-5/h9-10,13-14H,6-8H2,1-5H3/t9-,10-,12+/m1/s1. The van der Waals surface area contributed by atoms with E-state index in [0.29, 0.717) is 12.5 Å². The van der Waals surface area contributed by atoms with Gasteiger partial charge in [-0.25, -0.2) is 0 Å². The summed E-state index contributed by atoms with van der Waals surface area (Å²) in [5.41, 5.74) is 0.304. The molecule has 1 saturated carbocycles. The predicted molar refractivity (Wildman–Crippen MR) is 60.2 cm³/mol. The molecule has 0 aromatic carbocycles. The number of aliphatic hydroxyl groups excluding tert-OH is 1. The number of rotatable bonds is 3. The Labute approximate surface area is 88.1 Å². The molecular weight excluding hydrogens is 174 g/mol. The Morgan fingerprint density at radius 3 is 2.36 bits per heavy atom. The zero-order chi connectivity index (χ0) is 11.0. The van der Waals surface area contributed by atoms with E-state index in [1.54, 1.807) is 0 Å². The van der Waals surface area contributed by atoms with Crippen molar-refractivity contribution in [1.82, 2.24) is 5.32 Å². The maximum absolute atomic E-state index is 10.2. The second-order valence-electron chi connectivity index (χ2n) is 5.65. The van der Waals surface area contributed by atoms with E-state index in [9.17, 15) is 5.11 Å². The van der Waals surface area contributed by atoms with Crippen molar-refractivity contribution in [2.75, 3.05) is 13.6 Å². The van der Waals surface area contributed by atoms with Gasteiger partial charge in [-0.05, 0) is 31.2 Å². The Balaban J connectivity index is 2.83. The Bertz CT molecular complexity index is 202. The quantitative estimate of drug-likeness (QED) is 0.729. The molecule has 0 aromatic rings. The Kier molecular flexibility index (Phi) is 3.27. The van der Waals surface area contributed by atoms with Gasteiger partial charge in [-0.2, -0.15) is 0 Å². The third-order valence-electron chi connectivity index (χ3n) is 4.93. The van der Waals surface area contributed by atoms with Gasteiger partial charge in [-0.15, -0.1) is 0 Å². The molecule has 0 aliphatic heterocycles. The average Bonchev–Trinajstić information content (AvgIpc) is 2.31. The fourth-order valence-electron chi connectivity index (χ4n) is 2.78. The lowest BCUT2D eigenvalue weighted by Crippen LogP contribution is -2.46. The van der Waals surface area contributed by atoms with E-state index < -0.39 is 0 Å². The molecule has 1 rings (SSSR count). The van der Waals surface area contributed by atoms with Gasteiger partial charge in [0.25, 0.3) is 0 Å². The molecule has 0 unspecified atom stereocenters. The summed E-state index contributed by atoms with van der Waals surface area (Å²) in [6, 6.07) is 0. The van der Waals surface area contributed by atoms with E-state index >= 15 is 0 Å². The van der Waals surface area contributed by atoms with E-state index in [1.807, 2.05) is 7.05 Å². The van der Waals surface area contributed by atoms with Crippen molar-refractivity contribution in [1.29, 1.82) is 0 Å². The van der Waals surface area contributed by atoms with E-state index in [2.05, 4.69) is 33.0 Å². The van der Waals surface area contributed by atoms with Gasteiger partial charge in [0.2, 0.25) is 0 Å². The second kappa shape index (κ2) is 3.82. The van der Waals surface area contributed by atoms with Crippen LogP contribution in [0.3, 0.4) is 0 Å². The Morgan fingerprint density at radius 1 is 1.43 bits per heavy atom. The van der Waals surface area contributed by atoms with Crippen LogP contribution < -0.4 is 5.32 Å². The number of aliphatic hydroxyl groups is 1. The van der Waals surface area contributed by atoms with Gasteiger partial charge in [0.05, 0.1) is 6.10 Å². The first-order valence-electron chi connectivity index (χ1n) is 5.69. The summed E-state index contributed by atoms with van der Waals surface area (Å²) in [6.45, 7) is 9.83. The summed E-state index contributed by atoms with van der Waals surface area (Å²) in [5.74, 6) is 0.707. The van der Waals surface area contributed by atoms with Crippen LogP contribution in [0.4, 0.5) is 0 Å². The number of hydrogen-bond donors (Lipinski definition) is 2. The van der Waals surface area contributed by atoms with Crippen molar-refractivity contribution >= 4 is 0 Å². The molecule has 0 bridgehead atoms. The largest absolute Gasteiger partial charge is 0.391 e.